The van der Waals surface area contributed by atoms with Crippen LogP contribution in [0, 0.1) is 0 Å². The number of aromatic nitrogens is 1. The molecule has 1 aliphatic heterocycles. The van der Waals surface area contributed by atoms with Gasteiger partial charge in [-0.05, 0) is 11.6 Å². The van der Waals surface area contributed by atoms with Crippen molar-refractivity contribution in [3.63, 3.8) is 0 Å². The van der Waals surface area contributed by atoms with Crippen LogP contribution in [0.3, 0.4) is 0 Å². The zero-order valence-corrected chi connectivity index (χ0v) is 7.45. The number of carboxylic acids is 1. The predicted octanol–water partition coefficient (Wildman–Crippen LogP) is 0.124. The number of nitrogens with zero attached hydrogens (tertiary/aromatic N) is 1. The number of nitrogens with one attached hydrogen (secondary N) is 1. The first-order valence-corrected chi connectivity index (χ1v) is 4.28. The van der Waals surface area contributed by atoms with Crippen molar-refractivity contribution in [2.24, 2.45) is 7.05 Å². The molecule has 4 heteroatoms. The zero-order valence-electron chi connectivity index (χ0n) is 7.45. The van der Waals surface area contributed by atoms with Crippen LogP contribution in [0.15, 0.2) is 12.3 Å². The van der Waals surface area contributed by atoms with Crippen LogP contribution in [0.5, 0.6) is 0 Å². The molecule has 0 amide bonds. The zero-order chi connectivity index (χ0) is 9.42. The van der Waals surface area contributed by atoms with Crippen LogP contribution in [0.1, 0.15) is 11.3 Å². The first-order valence-electron chi connectivity index (χ1n) is 4.28. The van der Waals surface area contributed by atoms with Crippen molar-refractivity contribution in [3.8, 4) is 0 Å². The quantitative estimate of drug-likeness (QED) is 0.645. The Morgan fingerprint density at radius 1 is 1.77 bits per heavy atom. The average Bonchev–Trinajstić information content (AvgIpc) is 2.47. The van der Waals surface area contributed by atoms with Gasteiger partial charge in [-0.2, -0.15) is 0 Å². The summed E-state index contributed by atoms with van der Waals surface area (Å²) >= 11 is 0. The van der Waals surface area contributed by atoms with Gasteiger partial charge in [-0.25, -0.2) is 0 Å². The molecule has 0 saturated carbocycles. The first-order chi connectivity index (χ1) is 6.18. The van der Waals surface area contributed by atoms with E-state index < -0.39 is 12.0 Å². The fourth-order valence-corrected chi connectivity index (χ4v) is 1.72. The van der Waals surface area contributed by atoms with Crippen LogP contribution < -0.4 is 5.32 Å². The molecule has 2 rings (SSSR count). The Kier molecular flexibility index (Phi) is 1.84. The summed E-state index contributed by atoms with van der Waals surface area (Å²) in [7, 11) is 1.95. The molecule has 0 aliphatic carbocycles. The smallest absolute Gasteiger partial charge is 0.321 e. The lowest BCUT2D eigenvalue weighted by Crippen LogP contribution is -2.41. The van der Waals surface area contributed by atoms with E-state index in [9.17, 15) is 4.79 Å². The van der Waals surface area contributed by atoms with E-state index in [1.807, 2.05) is 23.9 Å². The van der Waals surface area contributed by atoms with Gasteiger partial charge in [0.05, 0.1) is 0 Å². The van der Waals surface area contributed by atoms with Gasteiger partial charge < -0.3 is 9.67 Å². The number of carboxylic acid groups (broad SMARTS) is 1. The van der Waals surface area contributed by atoms with Gasteiger partial charge in [-0.15, -0.1) is 0 Å². The van der Waals surface area contributed by atoms with Crippen LogP contribution in [0.4, 0.5) is 0 Å². The van der Waals surface area contributed by atoms with E-state index in [0.29, 0.717) is 13.0 Å². The molecule has 4 nitrogen and oxygen atoms in total. The lowest BCUT2D eigenvalue weighted by molar-refractivity contribution is -0.139. The van der Waals surface area contributed by atoms with Crippen molar-refractivity contribution in [2.75, 3.05) is 0 Å². The summed E-state index contributed by atoms with van der Waals surface area (Å²) in [6, 6.07) is 1.60. The summed E-state index contributed by atoms with van der Waals surface area (Å²) < 4.78 is 1.99. The molecule has 0 spiro atoms. The Labute approximate surface area is 76.2 Å². The maximum atomic E-state index is 10.7. The Bertz CT molecular complexity index is 343. The lowest BCUT2D eigenvalue weighted by atomic mass is 10.0. The van der Waals surface area contributed by atoms with E-state index >= 15 is 0 Å². The third-order valence-electron chi connectivity index (χ3n) is 2.53. The molecular formula is C9H12N2O2. The number of fused-ring (bicyclic) bond motifs is 1. The number of aryl methyl sites for hydroxylation is 1. The molecule has 13 heavy (non-hydrogen) atoms. The maximum Gasteiger partial charge on any atom is 0.321 e. The number of carbonyl (C=O) groups is 1. The highest BCUT2D eigenvalue weighted by molar-refractivity contribution is 5.74. The second kappa shape index (κ2) is 2.88. The summed E-state index contributed by atoms with van der Waals surface area (Å²) in [5.74, 6) is -0.771. The molecule has 1 aromatic heterocycles. The molecule has 0 fully saturated rings. The Balaban J connectivity index is 2.27. The average molecular weight is 180 g/mol. The minimum atomic E-state index is -0.771. The Hall–Kier alpha value is -1.29. The second-order valence-corrected chi connectivity index (χ2v) is 3.37. The molecule has 0 bridgehead atoms. The molecule has 1 aromatic rings. The summed E-state index contributed by atoms with van der Waals surface area (Å²) in [5, 5.41) is 11.8. The standard InChI is InChI=1S/C9H12N2O2/c1-11-3-2-6-5-10-7(9(12)13)4-8(6)11/h2-3,7,10H,4-5H2,1H3,(H,12,13)/t7-/m1/s1. The van der Waals surface area contributed by atoms with Gasteiger partial charge in [0, 0.05) is 31.9 Å². The van der Waals surface area contributed by atoms with Crippen molar-refractivity contribution in [1.29, 1.82) is 0 Å². The normalized spacial score (nSPS) is 21.2. The van der Waals surface area contributed by atoms with E-state index in [2.05, 4.69) is 5.32 Å². The number of hydrogen-bond acceptors (Lipinski definition) is 2. The van der Waals surface area contributed by atoms with E-state index in [-0.39, 0.29) is 0 Å². The Morgan fingerprint density at radius 2 is 2.54 bits per heavy atom. The molecule has 1 aliphatic rings. The summed E-state index contributed by atoms with van der Waals surface area (Å²) in [5.41, 5.74) is 2.34. The van der Waals surface area contributed by atoms with Crippen molar-refractivity contribution < 1.29 is 9.90 Å². The molecule has 70 valence electrons. The van der Waals surface area contributed by atoms with Gasteiger partial charge in [0.25, 0.3) is 0 Å². The number of rotatable bonds is 1. The van der Waals surface area contributed by atoms with Gasteiger partial charge in [-0.3, -0.25) is 10.1 Å². The van der Waals surface area contributed by atoms with Gasteiger partial charge in [0.1, 0.15) is 6.04 Å². The van der Waals surface area contributed by atoms with E-state index in [4.69, 9.17) is 5.11 Å². The minimum absolute atomic E-state index is 0.430. The predicted molar refractivity (Wildman–Crippen MR) is 47.4 cm³/mol. The molecule has 0 saturated heterocycles. The highest BCUT2D eigenvalue weighted by Gasteiger charge is 2.24. The minimum Gasteiger partial charge on any atom is -0.480 e. The topological polar surface area (TPSA) is 54.3 Å². The summed E-state index contributed by atoms with van der Waals surface area (Å²) in [6.45, 7) is 0.660. The fourth-order valence-electron chi connectivity index (χ4n) is 1.72. The van der Waals surface area contributed by atoms with Crippen molar-refractivity contribution in [1.82, 2.24) is 9.88 Å². The molecule has 0 unspecified atom stereocenters. The largest absolute Gasteiger partial charge is 0.480 e. The van der Waals surface area contributed by atoms with Crippen molar-refractivity contribution in [2.45, 2.75) is 19.0 Å². The van der Waals surface area contributed by atoms with E-state index in [1.165, 1.54) is 5.56 Å². The van der Waals surface area contributed by atoms with Crippen molar-refractivity contribution in [3.05, 3.63) is 23.5 Å². The highest BCUT2D eigenvalue weighted by Crippen LogP contribution is 2.16. The third-order valence-corrected chi connectivity index (χ3v) is 2.53. The SMILES string of the molecule is Cn1ccc2c1C[C@H](C(=O)O)NC2. The van der Waals surface area contributed by atoms with Crippen LogP contribution in [0.25, 0.3) is 0 Å². The van der Waals surface area contributed by atoms with Gasteiger partial charge >= 0.3 is 5.97 Å². The van der Waals surface area contributed by atoms with Gasteiger partial charge in [0.15, 0.2) is 0 Å². The fraction of sp³-hybridized carbons (Fsp3) is 0.444. The highest BCUT2D eigenvalue weighted by atomic mass is 16.4. The number of hydrogen-bond donors (Lipinski definition) is 2. The van der Waals surface area contributed by atoms with Gasteiger partial charge in [0.2, 0.25) is 0 Å². The molecule has 2 N–H and O–H groups in total. The second-order valence-electron chi connectivity index (χ2n) is 3.37. The molecule has 0 aromatic carbocycles. The summed E-state index contributed by atoms with van der Waals surface area (Å²) in [4.78, 5) is 10.7. The summed E-state index contributed by atoms with van der Waals surface area (Å²) in [6.07, 6.45) is 2.55. The Morgan fingerprint density at radius 3 is 3.23 bits per heavy atom. The van der Waals surface area contributed by atoms with Crippen LogP contribution in [0.2, 0.25) is 0 Å². The molecule has 1 atom stereocenters. The molecular weight excluding hydrogens is 168 g/mol. The number of aliphatic carboxylic acids is 1. The molecule has 0 radical (unpaired) electrons. The van der Waals surface area contributed by atoms with Gasteiger partial charge in [-0.1, -0.05) is 0 Å². The van der Waals surface area contributed by atoms with E-state index in [1.54, 1.807) is 0 Å². The third kappa shape index (κ3) is 1.33. The van der Waals surface area contributed by atoms with Crippen LogP contribution in [-0.4, -0.2) is 21.7 Å². The van der Waals surface area contributed by atoms with Crippen LogP contribution >= 0.6 is 0 Å². The van der Waals surface area contributed by atoms with Crippen molar-refractivity contribution >= 4 is 5.97 Å². The first kappa shape index (κ1) is 8.31. The lowest BCUT2D eigenvalue weighted by Gasteiger charge is -2.21. The van der Waals surface area contributed by atoms with Crippen LogP contribution in [-0.2, 0) is 24.8 Å². The maximum absolute atomic E-state index is 10.7. The van der Waals surface area contributed by atoms with E-state index in [0.717, 1.165) is 5.69 Å². The molecule has 2 heterocycles. The monoisotopic (exact) mass is 180 g/mol.